The minimum atomic E-state index is -4.06. The number of alkyl halides is 3. The van der Waals surface area contributed by atoms with E-state index in [1.165, 1.54) is 0 Å². The van der Waals surface area contributed by atoms with Gasteiger partial charge in [-0.25, -0.2) is 4.98 Å². The topological polar surface area (TPSA) is 22.1 Å². The molecule has 0 aromatic carbocycles. The molecule has 0 aliphatic heterocycles. The Morgan fingerprint density at radius 3 is 2.45 bits per heavy atom. The van der Waals surface area contributed by atoms with Crippen molar-refractivity contribution in [2.75, 3.05) is 7.11 Å². The van der Waals surface area contributed by atoms with Gasteiger partial charge in [-0.05, 0) is 44.6 Å². The SMILES string of the molecule is COc1c(/C=C/C2CCC(C(F)(F)F)CC2)cc(Cl)nc1C. The summed E-state index contributed by atoms with van der Waals surface area (Å²) in [5, 5.41) is 0.374. The Labute approximate surface area is 133 Å². The van der Waals surface area contributed by atoms with Gasteiger partial charge in [0.1, 0.15) is 10.9 Å². The standard InChI is InChI=1S/C16H19ClF3NO/c1-10-15(22-2)12(9-14(17)21-10)6-3-11-4-7-13(8-5-11)16(18,19)20/h3,6,9,11,13H,4-5,7-8H2,1-2H3/b6-3+. The van der Waals surface area contributed by atoms with Crippen LogP contribution in [-0.4, -0.2) is 18.3 Å². The van der Waals surface area contributed by atoms with E-state index in [2.05, 4.69) is 4.98 Å². The molecule has 0 spiro atoms. The van der Waals surface area contributed by atoms with Gasteiger partial charge in [-0.15, -0.1) is 0 Å². The summed E-state index contributed by atoms with van der Waals surface area (Å²) in [6.07, 6.45) is 1.28. The average molecular weight is 334 g/mol. The molecule has 0 atom stereocenters. The second-order valence-electron chi connectivity index (χ2n) is 5.67. The highest BCUT2D eigenvalue weighted by molar-refractivity contribution is 6.29. The molecule has 0 saturated heterocycles. The maximum absolute atomic E-state index is 12.7. The third-order valence-electron chi connectivity index (χ3n) is 4.13. The number of rotatable bonds is 3. The summed E-state index contributed by atoms with van der Waals surface area (Å²) in [5.41, 5.74) is 1.49. The summed E-state index contributed by atoms with van der Waals surface area (Å²) in [5.74, 6) is -0.343. The van der Waals surface area contributed by atoms with Crippen LogP contribution >= 0.6 is 11.6 Å². The van der Waals surface area contributed by atoms with Gasteiger partial charge in [0.05, 0.1) is 18.7 Å². The van der Waals surface area contributed by atoms with Gasteiger partial charge in [0.25, 0.3) is 0 Å². The lowest BCUT2D eigenvalue weighted by Crippen LogP contribution is -2.27. The molecule has 1 heterocycles. The van der Waals surface area contributed by atoms with Crippen molar-refractivity contribution in [2.24, 2.45) is 11.8 Å². The Hall–Kier alpha value is -1.23. The van der Waals surface area contributed by atoms with E-state index in [0.29, 0.717) is 29.4 Å². The fraction of sp³-hybridized carbons (Fsp3) is 0.562. The Morgan fingerprint density at radius 1 is 1.27 bits per heavy atom. The van der Waals surface area contributed by atoms with Gasteiger partial charge in [-0.1, -0.05) is 23.8 Å². The molecule has 1 saturated carbocycles. The maximum atomic E-state index is 12.7. The van der Waals surface area contributed by atoms with E-state index in [4.69, 9.17) is 16.3 Å². The summed E-state index contributed by atoms with van der Waals surface area (Å²) in [4.78, 5) is 4.12. The van der Waals surface area contributed by atoms with Crippen LogP contribution in [0.15, 0.2) is 12.1 Å². The van der Waals surface area contributed by atoms with E-state index >= 15 is 0 Å². The first-order valence-electron chi connectivity index (χ1n) is 7.27. The molecule has 22 heavy (non-hydrogen) atoms. The molecular weight excluding hydrogens is 315 g/mol. The maximum Gasteiger partial charge on any atom is 0.391 e. The van der Waals surface area contributed by atoms with Crippen molar-refractivity contribution in [1.82, 2.24) is 4.98 Å². The summed E-state index contributed by atoms with van der Waals surface area (Å²) in [6.45, 7) is 1.80. The van der Waals surface area contributed by atoms with Crippen LogP contribution < -0.4 is 4.74 Å². The number of pyridine rings is 1. The molecule has 0 unspecified atom stereocenters. The van der Waals surface area contributed by atoms with Crippen molar-refractivity contribution in [3.05, 3.63) is 28.6 Å². The summed E-state index contributed by atoms with van der Waals surface area (Å²) < 4.78 is 43.3. The van der Waals surface area contributed by atoms with E-state index in [1.54, 1.807) is 20.1 Å². The van der Waals surface area contributed by atoms with Gasteiger partial charge < -0.3 is 4.74 Å². The number of nitrogens with zero attached hydrogens (tertiary/aromatic N) is 1. The van der Waals surface area contributed by atoms with Crippen LogP contribution in [0.3, 0.4) is 0 Å². The van der Waals surface area contributed by atoms with Crippen LogP contribution in [0.4, 0.5) is 13.2 Å². The van der Waals surface area contributed by atoms with Gasteiger partial charge in [0.2, 0.25) is 0 Å². The van der Waals surface area contributed by atoms with Crippen LogP contribution in [0.2, 0.25) is 5.15 Å². The number of hydrogen-bond acceptors (Lipinski definition) is 2. The summed E-state index contributed by atoms with van der Waals surface area (Å²) in [6, 6.07) is 1.70. The second-order valence-corrected chi connectivity index (χ2v) is 6.05. The smallest absolute Gasteiger partial charge is 0.391 e. The molecule has 1 aliphatic carbocycles. The van der Waals surface area contributed by atoms with E-state index in [1.807, 2.05) is 12.2 Å². The predicted octanol–water partition coefficient (Wildman–Crippen LogP) is 5.43. The quantitative estimate of drug-likeness (QED) is 0.688. The Morgan fingerprint density at radius 2 is 1.91 bits per heavy atom. The molecule has 0 bridgehead atoms. The Balaban J connectivity index is 2.05. The van der Waals surface area contributed by atoms with E-state index in [0.717, 1.165) is 5.56 Å². The zero-order chi connectivity index (χ0) is 16.3. The molecule has 122 valence electrons. The van der Waals surface area contributed by atoms with Crippen molar-refractivity contribution < 1.29 is 17.9 Å². The molecule has 0 radical (unpaired) electrons. The molecule has 0 amide bonds. The second kappa shape index (κ2) is 6.90. The van der Waals surface area contributed by atoms with Gasteiger partial charge in [-0.3, -0.25) is 0 Å². The first-order chi connectivity index (χ1) is 10.3. The molecular formula is C16H19ClF3NO. The minimum Gasteiger partial charge on any atom is -0.494 e. The van der Waals surface area contributed by atoms with Crippen LogP contribution in [-0.2, 0) is 0 Å². The number of ether oxygens (including phenoxy) is 1. The van der Waals surface area contributed by atoms with E-state index < -0.39 is 12.1 Å². The number of halogens is 4. The lowest BCUT2D eigenvalue weighted by Gasteiger charge is -2.28. The van der Waals surface area contributed by atoms with Crippen molar-refractivity contribution in [3.8, 4) is 5.75 Å². The van der Waals surface area contributed by atoms with Crippen LogP contribution in [0.5, 0.6) is 5.75 Å². The first-order valence-corrected chi connectivity index (χ1v) is 7.65. The molecule has 2 rings (SSSR count). The monoisotopic (exact) mass is 333 g/mol. The van der Waals surface area contributed by atoms with Gasteiger partial charge in [0, 0.05) is 5.56 Å². The van der Waals surface area contributed by atoms with E-state index in [9.17, 15) is 13.2 Å². The normalized spacial score (nSPS) is 23.0. The van der Waals surface area contributed by atoms with Crippen LogP contribution in [0, 0.1) is 18.8 Å². The van der Waals surface area contributed by atoms with E-state index in [-0.39, 0.29) is 18.8 Å². The van der Waals surface area contributed by atoms with Crippen molar-refractivity contribution in [2.45, 2.75) is 38.8 Å². The number of aromatic nitrogens is 1. The zero-order valence-corrected chi connectivity index (χ0v) is 13.3. The Kier molecular flexibility index (Phi) is 5.37. The largest absolute Gasteiger partial charge is 0.494 e. The fourth-order valence-electron chi connectivity index (χ4n) is 2.91. The van der Waals surface area contributed by atoms with Crippen LogP contribution in [0.25, 0.3) is 6.08 Å². The highest BCUT2D eigenvalue weighted by atomic mass is 35.5. The Bertz CT molecular complexity index is 549. The molecule has 0 N–H and O–H groups in total. The molecule has 1 aromatic heterocycles. The molecule has 1 fully saturated rings. The zero-order valence-electron chi connectivity index (χ0n) is 12.6. The third-order valence-corrected chi connectivity index (χ3v) is 4.32. The van der Waals surface area contributed by atoms with Crippen molar-refractivity contribution in [3.63, 3.8) is 0 Å². The number of aryl methyl sites for hydroxylation is 1. The minimum absolute atomic E-state index is 0.163. The third kappa shape index (κ3) is 4.15. The number of hydrogen-bond donors (Lipinski definition) is 0. The molecule has 2 nitrogen and oxygen atoms in total. The highest BCUT2D eigenvalue weighted by Gasteiger charge is 2.40. The number of allylic oxidation sites excluding steroid dienone is 1. The molecule has 6 heteroatoms. The lowest BCUT2D eigenvalue weighted by atomic mass is 9.81. The summed E-state index contributed by atoms with van der Waals surface area (Å²) in [7, 11) is 1.56. The van der Waals surface area contributed by atoms with Gasteiger partial charge >= 0.3 is 6.18 Å². The number of methoxy groups -OCH3 is 1. The lowest BCUT2D eigenvalue weighted by molar-refractivity contribution is -0.183. The van der Waals surface area contributed by atoms with Gasteiger partial charge in [-0.2, -0.15) is 13.2 Å². The molecule has 1 aliphatic rings. The predicted molar refractivity (Wildman–Crippen MR) is 81.1 cm³/mol. The first kappa shape index (κ1) is 17.1. The fourth-order valence-corrected chi connectivity index (χ4v) is 3.16. The average Bonchev–Trinajstić information content (AvgIpc) is 2.44. The molecule has 1 aromatic rings. The van der Waals surface area contributed by atoms with Gasteiger partial charge in [0.15, 0.2) is 0 Å². The van der Waals surface area contributed by atoms with Crippen LogP contribution in [0.1, 0.15) is 36.9 Å². The van der Waals surface area contributed by atoms with Crippen molar-refractivity contribution >= 4 is 17.7 Å². The highest BCUT2D eigenvalue weighted by Crippen LogP contribution is 2.40. The van der Waals surface area contributed by atoms with Crippen molar-refractivity contribution in [1.29, 1.82) is 0 Å². The summed E-state index contributed by atoms with van der Waals surface area (Å²) >= 11 is 5.94.